The number of benzene rings is 2. The van der Waals surface area contributed by atoms with E-state index in [0.717, 1.165) is 6.07 Å². The number of hydrogen-bond acceptors (Lipinski definition) is 19. The predicted octanol–water partition coefficient (Wildman–Crippen LogP) is -2.24. The van der Waals surface area contributed by atoms with E-state index in [9.17, 15) is 55.9 Å². The molecule has 4 heterocycles. The first-order valence-corrected chi connectivity index (χ1v) is 16.6. The first-order chi connectivity index (χ1) is 25.1. The van der Waals surface area contributed by atoms with Gasteiger partial charge in [-0.25, -0.2) is 0 Å². The average Bonchev–Trinajstić information content (AvgIpc) is 3.13. The maximum atomic E-state index is 14.2. The van der Waals surface area contributed by atoms with Crippen molar-refractivity contribution in [3.63, 3.8) is 0 Å². The maximum absolute atomic E-state index is 14.2. The first-order valence-electron chi connectivity index (χ1n) is 16.6. The highest BCUT2D eigenvalue weighted by Crippen LogP contribution is 2.39. The molecule has 2 aromatic carbocycles. The third kappa shape index (κ3) is 7.54. The average molecular weight is 755 g/mol. The molecule has 19 heteroatoms. The van der Waals surface area contributed by atoms with E-state index in [1.54, 1.807) is 0 Å². The van der Waals surface area contributed by atoms with E-state index in [-0.39, 0.29) is 33.8 Å². The Balaban J connectivity index is 1.39. The van der Waals surface area contributed by atoms with Crippen molar-refractivity contribution in [3.05, 3.63) is 46.6 Å². The van der Waals surface area contributed by atoms with Crippen LogP contribution < -0.4 is 14.9 Å². The van der Waals surface area contributed by atoms with Crippen LogP contribution in [0.5, 0.6) is 23.0 Å². The summed E-state index contributed by atoms with van der Waals surface area (Å²) >= 11 is 0. The maximum Gasteiger partial charge on any atom is 0.239 e. The fourth-order valence-electron chi connectivity index (χ4n) is 6.31. The van der Waals surface area contributed by atoms with E-state index >= 15 is 0 Å². The second-order valence-corrected chi connectivity index (χ2v) is 13.1. The van der Waals surface area contributed by atoms with Gasteiger partial charge in [-0.2, -0.15) is 0 Å². The molecule has 53 heavy (non-hydrogen) atoms. The second kappa shape index (κ2) is 15.6. The Kier molecular flexibility index (Phi) is 11.5. The molecular formula is C34H42O19. The van der Waals surface area contributed by atoms with Crippen LogP contribution in [0.15, 0.2) is 45.6 Å². The van der Waals surface area contributed by atoms with E-state index in [0.29, 0.717) is 0 Å². The fraction of sp³-hybridized carbons (Fsp3) is 0.559. The van der Waals surface area contributed by atoms with E-state index in [1.165, 1.54) is 51.3 Å². The number of aromatic hydroxyl groups is 2. The van der Waals surface area contributed by atoms with Gasteiger partial charge in [0.2, 0.25) is 17.5 Å². The molecule has 3 aromatic rings. The Bertz CT molecular complexity index is 1780. The van der Waals surface area contributed by atoms with Crippen LogP contribution >= 0.6 is 0 Å². The summed E-state index contributed by atoms with van der Waals surface area (Å²) in [5.74, 6) is -1.41. The minimum absolute atomic E-state index is 0.126. The lowest BCUT2D eigenvalue weighted by Gasteiger charge is -2.46. The summed E-state index contributed by atoms with van der Waals surface area (Å²) in [5.41, 5.74) is -0.899. The summed E-state index contributed by atoms with van der Waals surface area (Å²) in [6, 6.07) is 7.86. The standard InChI is InChI=1S/C34H42O19/c1-11-20(37)24(41)27(44)32(48-11)47-10-18-22(39)26(43)31(53-33-28(45)25(42)21(38)12(2)49-33)34(51-18)52-30-23(40)19-16(36)8-15(46-3)9-17(19)50-29(30)13-4-6-14(35)7-5-13/h4-9,11-12,18,20-22,24-28,31-39,41-45H,10H2,1-3H3/t11-,12-,18?,20-,21-,22?,24+,25+,26?,27+,28+,31?,32+,33+,34?/m0/s1. The first kappa shape index (κ1) is 39.0. The monoisotopic (exact) mass is 754 g/mol. The predicted molar refractivity (Wildman–Crippen MR) is 175 cm³/mol. The summed E-state index contributed by atoms with van der Waals surface area (Å²) in [7, 11) is 1.33. The molecule has 0 bridgehead atoms. The van der Waals surface area contributed by atoms with Crippen LogP contribution in [0.2, 0.25) is 0 Å². The molecule has 3 saturated heterocycles. The van der Waals surface area contributed by atoms with Crippen molar-refractivity contribution in [2.75, 3.05) is 13.7 Å². The van der Waals surface area contributed by atoms with Crippen LogP contribution in [0.25, 0.3) is 22.3 Å². The molecule has 0 saturated carbocycles. The van der Waals surface area contributed by atoms with E-state index < -0.39 is 116 Å². The Labute approximate surface area is 300 Å². The van der Waals surface area contributed by atoms with Gasteiger partial charge in [0, 0.05) is 17.7 Å². The molecule has 0 amide bonds. The molecule has 15 atom stereocenters. The highest BCUT2D eigenvalue weighted by atomic mass is 16.8. The van der Waals surface area contributed by atoms with Gasteiger partial charge in [-0.05, 0) is 38.1 Å². The number of methoxy groups -OCH3 is 1. The smallest absolute Gasteiger partial charge is 0.239 e. The molecule has 0 radical (unpaired) electrons. The summed E-state index contributed by atoms with van der Waals surface area (Å²) in [4.78, 5) is 14.2. The molecule has 10 N–H and O–H groups in total. The number of fused-ring (bicyclic) bond motifs is 1. The zero-order valence-corrected chi connectivity index (χ0v) is 28.5. The van der Waals surface area contributed by atoms with E-state index in [4.69, 9.17) is 37.6 Å². The third-order valence-electron chi connectivity index (χ3n) is 9.48. The van der Waals surface area contributed by atoms with Gasteiger partial charge in [0.05, 0.1) is 25.9 Å². The fourth-order valence-corrected chi connectivity index (χ4v) is 6.31. The lowest BCUT2D eigenvalue weighted by atomic mass is 9.97. The van der Waals surface area contributed by atoms with Crippen molar-refractivity contribution in [1.29, 1.82) is 0 Å². The number of aliphatic hydroxyl groups excluding tert-OH is 8. The van der Waals surface area contributed by atoms with E-state index in [1.807, 2.05) is 0 Å². The van der Waals surface area contributed by atoms with Crippen molar-refractivity contribution >= 4 is 11.0 Å². The lowest BCUT2D eigenvalue weighted by Crippen LogP contribution is -2.65. The molecule has 1 aromatic heterocycles. The van der Waals surface area contributed by atoms with Crippen LogP contribution in [-0.2, 0) is 23.7 Å². The number of ether oxygens (including phenoxy) is 7. The normalized spacial score (nSPS) is 37.8. The number of hydrogen-bond donors (Lipinski definition) is 10. The molecule has 3 fully saturated rings. The number of phenolic OH excluding ortho intramolecular Hbond substituents is 2. The Hall–Kier alpha value is -3.67. The Morgan fingerprint density at radius 2 is 1.30 bits per heavy atom. The van der Waals surface area contributed by atoms with Crippen LogP contribution in [0.3, 0.4) is 0 Å². The summed E-state index contributed by atoms with van der Waals surface area (Å²) < 4.78 is 45.8. The zero-order chi connectivity index (χ0) is 38.5. The molecule has 0 aliphatic carbocycles. The molecule has 19 nitrogen and oxygen atoms in total. The van der Waals surface area contributed by atoms with Gasteiger partial charge in [0.1, 0.15) is 83.2 Å². The second-order valence-electron chi connectivity index (χ2n) is 13.1. The van der Waals surface area contributed by atoms with Crippen LogP contribution in [0, 0.1) is 0 Å². The van der Waals surface area contributed by atoms with Crippen LogP contribution in [0.4, 0.5) is 0 Å². The zero-order valence-electron chi connectivity index (χ0n) is 28.5. The largest absolute Gasteiger partial charge is 0.508 e. The third-order valence-corrected chi connectivity index (χ3v) is 9.48. The van der Waals surface area contributed by atoms with Gasteiger partial charge >= 0.3 is 0 Å². The summed E-state index contributed by atoms with van der Waals surface area (Å²) in [5, 5.41) is 105. The minimum atomic E-state index is -1.98. The molecule has 0 spiro atoms. The van der Waals surface area contributed by atoms with Crippen molar-refractivity contribution < 1.29 is 88.6 Å². The lowest BCUT2D eigenvalue weighted by molar-refractivity contribution is -0.360. The summed E-state index contributed by atoms with van der Waals surface area (Å²) in [6.45, 7) is 2.15. The molecular weight excluding hydrogens is 712 g/mol. The Morgan fingerprint density at radius 1 is 0.698 bits per heavy atom. The number of phenols is 2. The van der Waals surface area contributed by atoms with Gasteiger partial charge in [-0.1, -0.05) is 0 Å². The highest BCUT2D eigenvalue weighted by molar-refractivity contribution is 5.88. The summed E-state index contributed by atoms with van der Waals surface area (Å²) in [6.07, 6.45) is -24.5. The SMILES string of the molecule is COc1cc(O)c2c(=O)c(OC3OC(CO[C@@H]4O[C@@H](C)[C@H](O)[C@@H](O)[C@H]4O)C(O)C(O)C3O[C@H]3O[C@@H](C)[C@H](O)[C@@H](O)[C@H]3O)c(-c3ccc(O)cc3)oc2c1. The van der Waals surface area contributed by atoms with Gasteiger partial charge in [0.15, 0.2) is 24.4 Å². The van der Waals surface area contributed by atoms with Crippen LogP contribution in [0.1, 0.15) is 13.8 Å². The van der Waals surface area contributed by atoms with Crippen molar-refractivity contribution in [2.24, 2.45) is 0 Å². The van der Waals surface area contributed by atoms with Gasteiger partial charge in [-0.3, -0.25) is 4.79 Å². The van der Waals surface area contributed by atoms with Crippen LogP contribution in [-0.4, -0.2) is 157 Å². The topological polar surface area (TPSA) is 297 Å². The van der Waals surface area contributed by atoms with Gasteiger partial charge < -0.3 is 88.6 Å². The molecule has 3 aliphatic heterocycles. The van der Waals surface area contributed by atoms with Crippen molar-refractivity contribution in [3.8, 4) is 34.3 Å². The quantitative estimate of drug-likeness (QED) is 0.110. The molecule has 5 unspecified atom stereocenters. The molecule has 3 aliphatic rings. The van der Waals surface area contributed by atoms with Crippen molar-refractivity contribution in [1.82, 2.24) is 0 Å². The Morgan fingerprint density at radius 3 is 1.92 bits per heavy atom. The van der Waals surface area contributed by atoms with Gasteiger partial charge in [-0.15, -0.1) is 0 Å². The van der Waals surface area contributed by atoms with Gasteiger partial charge in [0.25, 0.3) is 0 Å². The minimum Gasteiger partial charge on any atom is -0.508 e. The number of aliphatic hydroxyl groups is 8. The van der Waals surface area contributed by atoms with E-state index in [2.05, 4.69) is 0 Å². The molecule has 292 valence electrons. The van der Waals surface area contributed by atoms with Crippen molar-refractivity contribution in [2.45, 2.75) is 106 Å². The highest BCUT2D eigenvalue weighted by Gasteiger charge is 2.52. The number of rotatable bonds is 9. The molecule has 6 rings (SSSR count).